The largest absolute Gasteiger partial charge is 0.391 e. The molecule has 1 aromatic heterocycles. The fraction of sp³-hybridized carbons (Fsp3) is 0.0625. The van der Waals surface area contributed by atoms with Crippen molar-refractivity contribution in [2.75, 3.05) is 0 Å². The van der Waals surface area contributed by atoms with E-state index in [1.165, 1.54) is 6.07 Å². The molecule has 0 bridgehead atoms. The van der Waals surface area contributed by atoms with Crippen molar-refractivity contribution < 1.29 is 18.4 Å². The molecule has 7 heteroatoms. The van der Waals surface area contributed by atoms with Crippen LogP contribution in [0.15, 0.2) is 40.9 Å². The molecule has 0 atom stereocenters. The number of hydrogen-bond donors (Lipinski definition) is 1. The van der Waals surface area contributed by atoms with E-state index in [4.69, 9.17) is 27.7 Å². The van der Waals surface area contributed by atoms with E-state index in [-0.39, 0.29) is 22.6 Å². The predicted octanol–water partition coefficient (Wildman–Crippen LogP) is 5.09. The van der Waals surface area contributed by atoms with Crippen LogP contribution in [0, 0.1) is 11.6 Å². The maximum atomic E-state index is 13.9. The van der Waals surface area contributed by atoms with Gasteiger partial charge in [-0.25, -0.2) is 8.78 Å². The highest BCUT2D eigenvalue weighted by atomic mass is 35.5. The molecule has 1 heterocycles. The lowest BCUT2D eigenvalue weighted by atomic mass is 10.0. The van der Waals surface area contributed by atoms with Crippen LogP contribution in [0.5, 0.6) is 0 Å². The molecule has 2 aromatic carbocycles. The van der Waals surface area contributed by atoms with Crippen molar-refractivity contribution >= 4 is 23.2 Å². The van der Waals surface area contributed by atoms with Gasteiger partial charge < -0.3 is 9.63 Å². The molecular weight excluding hydrogens is 347 g/mol. The Labute approximate surface area is 140 Å². The van der Waals surface area contributed by atoms with E-state index in [1.807, 2.05) is 0 Å². The van der Waals surface area contributed by atoms with E-state index in [0.29, 0.717) is 15.6 Å². The van der Waals surface area contributed by atoms with Gasteiger partial charge in [-0.1, -0.05) is 28.4 Å². The Hall–Kier alpha value is -1.95. The molecule has 0 saturated heterocycles. The van der Waals surface area contributed by atoms with Gasteiger partial charge in [-0.3, -0.25) is 0 Å². The quantitative estimate of drug-likeness (QED) is 0.711. The zero-order chi connectivity index (χ0) is 16.6. The summed E-state index contributed by atoms with van der Waals surface area (Å²) in [4.78, 5) is 0. The Morgan fingerprint density at radius 3 is 2.52 bits per heavy atom. The van der Waals surface area contributed by atoms with Crippen molar-refractivity contribution in [2.45, 2.75) is 6.61 Å². The zero-order valence-corrected chi connectivity index (χ0v) is 13.0. The molecule has 0 aliphatic rings. The SMILES string of the molecule is OCc1c(-c2ccc(Cl)cc2Cl)noc1-c1cc(F)ccc1F. The monoisotopic (exact) mass is 355 g/mol. The second-order valence-corrected chi connectivity index (χ2v) is 5.59. The molecule has 0 amide bonds. The molecule has 0 saturated carbocycles. The van der Waals surface area contributed by atoms with Gasteiger partial charge in [0.05, 0.1) is 22.8 Å². The van der Waals surface area contributed by atoms with E-state index < -0.39 is 18.2 Å². The van der Waals surface area contributed by atoms with Crippen molar-refractivity contribution in [3.63, 3.8) is 0 Å². The first-order chi connectivity index (χ1) is 11.0. The van der Waals surface area contributed by atoms with Crippen molar-refractivity contribution in [1.82, 2.24) is 5.16 Å². The Morgan fingerprint density at radius 1 is 1.04 bits per heavy atom. The first-order valence-electron chi connectivity index (χ1n) is 6.51. The topological polar surface area (TPSA) is 46.3 Å². The van der Waals surface area contributed by atoms with Crippen LogP contribution in [-0.2, 0) is 6.61 Å². The smallest absolute Gasteiger partial charge is 0.176 e. The van der Waals surface area contributed by atoms with E-state index >= 15 is 0 Å². The van der Waals surface area contributed by atoms with E-state index in [1.54, 1.807) is 12.1 Å². The Bertz CT molecular complexity index is 881. The average molecular weight is 356 g/mol. The third-order valence-corrected chi connectivity index (χ3v) is 3.85. The summed E-state index contributed by atoms with van der Waals surface area (Å²) in [6.45, 7) is -0.483. The third kappa shape index (κ3) is 2.95. The van der Waals surface area contributed by atoms with Crippen LogP contribution in [0.25, 0.3) is 22.6 Å². The van der Waals surface area contributed by atoms with Gasteiger partial charge in [0.25, 0.3) is 0 Å². The number of nitrogens with zero attached hydrogens (tertiary/aromatic N) is 1. The molecule has 0 aliphatic carbocycles. The summed E-state index contributed by atoms with van der Waals surface area (Å²) in [6.07, 6.45) is 0. The van der Waals surface area contributed by atoms with Crippen LogP contribution >= 0.6 is 23.2 Å². The van der Waals surface area contributed by atoms with Crippen LogP contribution < -0.4 is 0 Å². The summed E-state index contributed by atoms with van der Waals surface area (Å²) in [5, 5.41) is 14.2. The number of aromatic nitrogens is 1. The van der Waals surface area contributed by atoms with Crippen molar-refractivity contribution in [1.29, 1.82) is 0 Å². The maximum absolute atomic E-state index is 13.9. The standard InChI is InChI=1S/C16H9Cl2F2NO2/c17-8-1-3-10(13(18)5-8)15-12(7-22)16(23-21-15)11-6-9(19)2-4-14(11)20/h1-6,22H,7H2. The number of benzene rings is 2. The van der Waals surface area contributed by atoms with Gasteiger partial charge in [0.1, 0.15) is 17.3 Å². The first-order valence-corrected chi connectivity index (χ1v) is 7.27. The highest BCUT2D eigenvalue weighted by Gasteiger charge is 2.22. The summed E-state index contributed by atoms with van der Waals surface area (Å²) in [5.74, 6) is -1.37. The summed E-state index contributed by atoms with van der Waals surface area (Å²) in [6, 6.07) is 7.65. The van der Waals surface area contributed by atoms with Crippen molar-refractivity contribution in [2.24, 2.45) is 0 Å². The summed E-state index contributed by atoms with van der Waals surface area (Å²) in [7, 11) is 0. The first kappa shape index (κ1) is 15.9. The minimum absolute atomic E-state index is 0.0504. The van der Waals surface area contributed by atoms with Gasteiger partial charge in [0.2, 0.25) is 0 Å². The molecule has 0 fully saturated rings. The van der Waals surface area contributed by atoms with Crippen molar-refractivity contribution in [3.05, 3.63) is 63.6 Å². The van der Waals surface area contributed by atoms with Crippen LogP contribution in [0.4, 0.5) is 8.78 Å². The number of aliphatic hydroxyl groups is 1. The van der Waals surface area contributed by atoms with E-state index in [2.05, 4.69) is 5.16 Å². The second-order valence-electron chi connectivity index (χ2n) is 4.75. The highest BCUT2D eigenvalue weighted by molar-refractivity contribution is 6.36. The molecule has 3 aromatic rings. The number of aliphatic hydroxyl groups excluding tert-OH is 1. The minimum atomic E-state index is -0.689. The number of rotatable bonds is 3. The molecule has 118 valence electrons. The molecule has 0 aliphatic heterocycles. The molecule has 1 N–H and O–H groups in total. The Balaban J connectivity index is 2.19. The lowest BCUT2D eigenvalue weighted by Gasteiger charge is -2.04. The highest BCUT2D eigenvalue weighted by Crippen LogP contribution is 2.37. The fourth-order valence-corrected chi connectivity index (χ4v) is 2.73. The number of hydrogen-bond acceptors (Lipinski definition) is 3. The zero-order valence-electron chi connectivity index (χ0n) is 11.5. The molecule has 23 heavy (non-hydrogen) atoms. The molecule has 0 spiro atoms. The average Bonchev–Trinajstić information content (AvgIpc) is 2.93. The van der Waals surface area contributed by atoms with Crippen LogP contribution in [0.2, 0.25) is 10.0 Å². The summed E-state index contributed by atoms with van der Waals surface area (Å²) < 4.78 is 32.5. The predicted molar refractivity (Wildman–Crippen MR) is 83.2 cm³/mol. The van der Waals surface area contributed by atoms with E-state index in [0.717, 1.165) is 18.2 Å². The van der Waals surface area contributed by atoms with Gasteiger partial charge in [-0.05, 0) is 36.4 Å². The van der Waals surface area contributed by atoms with Gasteiger partial charge in [-0.15, -0.1) is 0 Å². The van der Waals surface area contributed by atoms with Gasteiger partial charge in [0.15, 0.2) is 5.76 Å². The summed E-state index contributed by atoms with van der Waals surface area (Å²) in [5.41, 5.74) is 0.788. The molecule has 3 nitrogen and oxygen atoms in total. The Morgan fingerprint density at radius 2 is 1.83 bits per heavy atom. The van der Waals surface area contributed by atoms with Gasteiger partial charge in [-0.2, -0.15) is 0 Å². The molecule has 0 unspecified atom stereocenters. The number of halogens is 4. The van der Waals surface area contributed by atoms with Crippen LogP contribution in [0.1, 0.15) is 5.56 Å². The van der Waals surface area contributed by atoms with E-state index in [9.17, 15) is 13.9 Å². The third-order valence-electron chi connectivity index (χ3n) is 3.31. The second kappa shape index (κ2) is 6.28. The van der Waals surface area contributed by atoms with Crippen molar-refractivity contribution in [3.8, 4) is 22.6 Å². The molecule has 3 rings (SSSR count). The molecule has 0 radical (unpaired) electrons. The normalized spacial score (nSPS) is 11.0. The van der Waals surface area contributed by atoms with Crippen LogP contribution in [0.3, 0.4) is 0 Å². The lowest BCUT2D eigenvalue weighted by molar-refractivity contribution is 0.281. The van der Waals surface area contributed by atoms with Crippen LogP contribution in [-0.4, -0.2) is 10.3 Å². The summed E-state index contributed by atoms with van der Waals surface area (Å²) >= 11 is 12.0. The Kier molecular flexibility index (Phi) is 4.35. The lowest BCUT2D eigenvalue weighted by Crippen LogP contribution is -1.92. The molecular formula is C16H9Cl2F2NO2. The van der Waals surface area contributed by atoms with Gasteiger partial charge in [0, 0.05) is 10.6 Å². The minimum Gasteiger partial charge on any atom is -0.391 e. The van der Waals surface area contributed by atoms with Gasteiger partial charge >= 0.3 is 0 Å². The fourth-order valence-electron chi connectivity index (χ4n) is 2.23. The maximum Gasteiger partial charge on any atom is 0.176 e.